The predicted molar refractivity (Wildman–Crippen MR) is 88.8 cm³/mol. The van der Waals surface area contributed by atoms with E-state index in [4.69, 9.17) is 9.84 Å². The third kappa shape index (κ3) is 4.67. The quantitative estimate of drug-likeness (QED) is 0.847. The van der Waals surface area contributed by atoms with Crippen molar-refractivity contribution in [2.45, 2.75) is 25.4 Å². The second kappa shape index (κ2) is 8.33. The number of ether oxygens (including phenoxy) is 1. The molecule has 0 amide bonds. The molecule has 1 atom stereocenters. The molecule has 21 heavy (non-hydrogen) atoms. The predicted octanol–water partition coefficient (Wildman–Crippen LogP) is 2.37. The molecule has 0 saturated carbocycles. The summed E-state index contributed by atoms with van der Waals surface area (Å²) in [5, 5.41) is 8.85. The van der Waals surface area contributed by atoms with Crippen LogP contribution in [0.4, 0.5) is 0 Å². The summed E-state index contributed by atoms with van der Waals surface area (Å²) in [6.07, 6.45) is 1.78. The van der Waals surface area contributed by atoms with Crippen molar-refractivity contribution in [3.8, 4) is 17.6 Å². The molecular weight excluding hydrogens is 282 g/mol. The van der Waals surface area contributed by atoms with E-state index >= 15 is 0 Å². The topological polar surface area (TPSA) is 32.7 Å². The summed E-state index contributed by atoms with van der Waals surface area (Å²) >= 11 is 2.03. The molecule has 114 valence electrons. The summed E-state index contributed by atoms with van der Waals surface area (Å²) in [6, 6.07) is 6.68. The molecule has 0 spiro atoms. The minimum atomic E-state index is 0.109. The molecule has 1 unspecified atom stereocenters. The van der Waals surface area contributed by atoms with Gasteiger partial charge in [-0.2, -0.15) is 11.8 Å². The number of thioether (sulfide) groups is 1. The highest BCUT2D eigenvalue weighted by Crippen LogP contribution is 2.24. The Morgan fingerprint density at radius 2 is 2.33 bits per heavy atom. The molecule has 0 radical (unpaired) electrons. The molecule has 0 bridgehead atoms. The third-order valence-electron chi connectivity index (χ3n) is 3.72. The molecule has 0 aromatic heterocycles. The van der Waals surface area contributed by atoms with Crippen LogP contribution < -0.4 is 4.74 Å². The number of aliphatic hydroxyl groups excluding tert-OH is 1. The number of nitrogens with zero attached hydrogens (tertiary/aromatic N) is 1. The van der Waals surface area contributed by atoms with Gasteiger partial charge in [-0.3, -0.25) is 4.90 Å². The van der Waals surface area contributed by atoms with Crippen LogP contribution in [0.25, 0.3) is 0 Å². The fourth-order valence-corrected chi connectivity index (χ4v) is 3.73. The van der Waals surface area contributed by atoms with Gasteiger partial charge in [-0.05, 0) is 43.0 Å². The SMILES string of the molecule is COc1ccc(C#CCCO)c(CN(C)C2CCSC2)c1. The van der Waals surface area contributed by atoms with Crippen LogP contribution in [0.1, 0.15) is 24.0 Å². The first-order valence-electron chi connectivity index (χ1n) is 7.29. The van der Waals surface area contributed by atoms with Crippen molar-refractivity contribution < 1.29 is 9.84 Å². The molecule has 3 nitrogen and oxygen atoms in total. The van der Waals surface area contributed by atoms with Crippen molar-refractivity contribution in [1.82, 2.24) is 4.90 Å². The third-order valence-corrected chi connectivity index (χ3v) is 4.87. The van der Waals surface area contributed by atoms with E-state index in [0.717, 1.165) is 17.9 Å². The second-order valence-electron chi connectivity index (χ2n) is 5.23. The summed E-state index contributed by atoms with van der Waals surface area (Å²) in [5.41, 5.74) is 2.22. The van der Waals surface area contributed by atoms with E-state index in [1.807, 2.05) is 23.9 Å². The normalized spacial score (nSPS) is 17.6. The highest BCUT2D eigenvalue weighted by Gasteiger charge is 2.20. The molecule has 1 aromatic carbocycles. The molecule has 1 heterocycles. The van der Waals surface area contributed by atoms with Crippen LogP contribution in [-0.2, 0) is 6.54 Å². The average Bonchev–Trinajstić information content (AvgIpc) is 3.03. The first-order valence-corrected chi connectivity index (χ1v) is 8.44. The fraction of sp³-hybridized carbons (Fsp3) is 0.529. The highest BCUT2D eigenvalue weighted by atomic mass is 32.2. The second-order valence-corrected chi connectivity index (χ2v) is 6.38. The van der Waals surface area contributed by atoms with Gasteiger partial charge in [-0.1, -0.05) is 11.8 Å². The highest BCUT2D eigenvalue weighted by molar-refractivity contribution is 7.99. The van der Waals surface area contributed by atoms with Crippen LogP contribution in [0.2, 0.25) is 0 Å². The lowest BCUT2D eigenvalue weighted by molar-refractivity contribution is 0.254. The molecule has 1 aliphatic heterocycles. The molecule has 1 saturated heterocycles. The van der Waals surface area contributed by atoms with Gasteiger partial charge in [0.05, 0.1) is 13.7 Å². The molecular formula is C17H23NO2S. The van der Waals surface area contributed by atoms with Crippen molar-refractivity contribution >= 4 is 11.8 Å². The Morgan fingerprint density at radius 3 is 3.00 bits per heavy atom. The maximum Gasteiger partial charge on any atom is 0.119 e. The maximum atomic E-state index is 8.85. The zero-order chi connectivity index (χ0) is 15.1. The first-order chi connectivity index (χ1) is 10.2. The number of hydrogen-bond acceptors (Lipinski definition) is 4. The van der Waals surface area contributed by atoms with Gasteiger partial charge in [-0.25, -0.2) is 0 Å². The van der Waals surface area contributed by atoms with E-state index in [0.29, 0.717) is 12.5 Å². The molecule has 0 aliphatic carbocycles. The van der Waals surface area contributed by atoms with Crippen molar-refractivity contribution in [2.24, 2.45) is 0 Å². The molecule has 1 fully saturated rings. The number of methoxy groups -OCH3 is 1. The van der Waals surface area contributed by atoms with E-state index in [9.17, 15) is 0 Å². The summed E-state index contributed by atoms with van der Waals surface area (Å²) < 4.78 is 5.33. The van der Waals surface area contributed by atoms with E-state index < -0.39 is 0 Å². The van der Waals surface area contributed by atoms with Crippen LogP contribution in [-0.4, -0.2) is 48.3 Å². The standard InChI is InChI=1S/C17H23NO2S/c1-18(16-8-10-21-13-16)12-15-11-17(20-2)7-6-14(15)5-3-4-9-19/h6-7,11,16,19H,4,8-10,12-13H2,1-2H3. The zero-order valence-electron chi connectivity index (χ0n) is 12.8. The summed E-state index contributed by atoms with van der Waals surface area (Å²) in [6.45, 7) is 0.989. The van der Waals surface area contributed by atoms with Gasteiger partial charge in [0, 0.05) is 30.3 Å². The Hall–Kier alpha value is -1.15. The molecule has 1 N–H and O–H groups in total. The van der Waals surface area contributed by atoms with Gasteiger partial charge in [0.25, 0.3) is 0 Å². The van der Waals surface area contributed by atoms with Gasteiger partial charge in [-0.15, -0.1) is 0 Å². The lowest BCUT2D eigenvalue weighted by Crippen LogP contribution is -2.31. The summed E-state index contributed by atoms with van der Waals surface area (Å²) in [5.74, 6) is 9.51. The summed E-state index contributed by atoms with van der Waals surface area (Å²) in [4.78, 5) is 2.41. The van der Waals surface area contributed by atoms with E-state index in [-0.39, 0.29) is 6.61 Å². The van der Waals surface area contributed by atoms with Crippen molar-refractivity contribution in [3.63, 3.8) is 0 Å². The lowest BCUT2D eigenvalue weighted by Gasteiger charge is -2.24. The minimum absolute atomic E-state index is 0.109. The average molecular weight is 305 g/mol. The van der Waals surface area contributed by atoms with Gasteiger partial charge >= 0.3 is 0 Å². The van der Waals surface area contributed by atoms with Crippen LogP contribution in [0, 0.1) is 11.8 Å². The molecule has 1 aliphatic rings. The van der Waals surface area contributed by atoms with Crippen LogP contribution >= 0.6 is 11.8 Å². The molecule has 4 heteroatoms. The van der Waals surface area contributed by atoms with Crippen molar-refractivity contribution in [3.05, 3.63) is 29.3 Å². The van der Waals surface area contributed by atoms with Crippen LogP contribution in [0.3, 0.4) is 0 Å². The number of hydrogen-bond donors (Lipinski definition) is 1. The van der Waals surface area contributed by atoms with E-state index in [1.165, 1.54) is 23.5 Å². The zero-order valence-corrected chi connectivity index (χ0v) is 13.6. The molecule has 2 rings (SSSR count). The molecule has 1 aromatic rings. The van der Waals surface area contributed by atoms with Gasteiger partial charge in [0.15, 0.2) is 0 Å². The lowest BCUT2D eigenvalue weighted by atomic mass is 10.1. The largest absolute Gasteiger partial charge is 0.497 e. The Bertz CT molecular complexity index is 515. The Kier molecular flexibility index (Phi) is 6.44. The fourth-order valence-electron chi connectivity index (χ4n) is 2.43. The van der Waals surface area contributed by atoms with Crippen molar-refractivity contribution in [1.29, 1.82) is 0 Å². The number of benzene rings is 1. The van der Waals surface area contributed by atoms with Crippen LogP contribution in [0.5, 0.6) is 5.75 Å². The van der Waals surface area contributed by atoms with Crippen molar-refractivity contribution in [2.75, 3.05) is 32.3 Å². The van der Waals surface area contributed by atoms with E-state index in [1.54, 1.807) is 7.11 Å². The monoisotopic (exact) mass is 305 g/mol. The first kappa shape index (κ1) is 16.2. The Labute approximate surface area is 131 Å². The Balaban J connectivity index is 2.16. The van der Waals surface area contributed by atoms with Gasteiger partial charge in [0.1, 0.15) is 5.75 Å². The van der Waals surface area contributed by atoms with Gasteiger partial charge in [0.2, 0.25) is 0 Å². The summed E-state index contributed by atoms with van der Waals surface area (Å²) in [7, 11) is 3.87. The number of aliphatic hydroxyl groups is 1. The Morgan fingerprint density at radius 1 is 1.48 bits per heavy atom. The van der Waals surface area contributed by atoms with Gasteiger partial charge < -0.3 is 9.84 Å². The minimum Gasteiger partial charge on any atom is -0.497 e. The smallest absolute Gasteiger partial charge is 0.119 e. The maximum absolute atomic E-state index is 8.85. The van der Waals surface area contributed by atoms with E-state index in [2.05, 4.69) is 29.9 Å². The number of rotatable bonds is 5. The van der Waals surface area contributed by atoms with Crippen LogP contribution in [0.15, 0.2) is 18.2 Å².